The predicted molar refractivity (Wildman–Crippen MR) is 101 cm³/mol. The van der Waals surface area contributed by atoms with Gasteiger partial charge in [-0.1, -0.05) is 13.0 Å². The molecule has 0 bridgehead atoms. The number of anilines is 1. The lowest BCUT2D eigenvalue weighted by atomic mass is 10.1. The Morgan fingerprint density at radius 2 is 1.88 bits per heavy atom. The summed E-state index contributed by atoms with van der Waals surface area (Å²) < 4.78 is 5.70. The molecular weight excluding hydrogens is 332 g/mol. The number of amides is 3. The minimum Gasteiger partial charge on any atom is -0.439 e. The maximum absolute atomic E-state index is 11.8. The lowest BCUT2D eigenvalue weighted by Crippen LogP contribution is -2.39. The van der Waals surface area contributed by atoms with Crippen molar-refractivity contribution < 1.29 is 14.3 Å². The third-order valence-corrected chi connectivity index (χ3v) is 3.68. The SMILES string of the molecule is CCCNC(=O)CNC(=O)Nc1ccc(Oc2ccc(C)c(C)c2)nc1. The van der Waals surface area contributed by atoms with Crippen LogP contribution in [0.3, 0.4) is 0 Å². The zero-order valence-corrected chi connectivity index (χ0v) is 15.3. The molecule has 0 aliphatic heterocycles. The molecule has 0 fully saturated rings. The van der Waals surface area contributed by atoms with E-state index in [0.29, 0.717) is 23.9 Å². The largest absolute Gasteiger partial charge is 0.439 e. The molecular formula is C19H24N4O3. The number of hydrogen-bond donors (Lipinski definition) is 3. The van der Waals surface area contributed by atoms with Gasteiger partial charge in [-0.25, -0.2) is 9.78 Å². The van der Waals surface area contributed by atoms with Crippen LogP contribution in [0.15, 0.2) is 36.5 Å². The maximum Gasteiger partial charge on any atom is 0.319 e. The summed E-state index contributed by atoms with van der Waals surface area (Å²) in [6.45, 7) is 6.53. The van der Waals surface area contributed by atoms with Gasteiger partial charge in [0.1, 0.15) is 5.75 Å². The summed E-state index contributed by atoms with van der Waals surface area (Å²) in [6.07, 6.45) is 2.34. The Kier molecular flexibility index (Phi) is 6.96. The summed E-state index contributed by atoms with van der Waals surface area (Å²) in [5.41, 5.74) is 2.84. The number of nitrogens with zero attached hydrogens (tertiary/aromatic N) is 1. The molecule has 0 unspecified atom stereocenters. The molecule has 1 aromatic carbocycles. The first-order chi connectivity index (χ1) is 12.5. The van der Waals surface area contributed by atoms with Gasteiger partial charge in [0, 0.05) is 12.6 Å². The molecule has 0 saturated carbocycles. The van der Waals surface area contributed by atoms with Crippen LogP contribution in [-0.2, 0) is 4.79 Å². The number of ether oxygens (including phenoxy) is 1. The van der Waals surface area contributed by atoms with E-state index in [1.54, 1.807) is 12.1 Å². The van der Waals surface area contributed by atoms with Gasteiger partial charge in [-0.15, -0.1) is 0 Å². The second kappa shape index (κ2) is 9.41. The van der Waals surface area contributed by atoms with E-state index in [4.69, 9.17) is 4.74 Å². The van der Waals surface area contributed by atoms with Gasteiger partial charge in [-0.05, 0) is 49.6 Å². The highest BCUT2D eigenvalue weighted by Crippen LogP contribution is 2.22. The third-order valence-electron chi connectivity index (χ3n) is 3.68. The molecule has 0 radical (unpaired) electrons. The molecule has 0 spiro atoms. The summed E-state index contributed by atoms with van der Waals surface area (Å²) in [5.74, 6) is 0.910. The van der Waals surface area contributed by atoms with Gasteiger partial charge in [0.2, 0.25) is 11.8 Å². The van der Waals surface area contributed by atoms with Crippen LogP contribution in [0, 0.1) is 13.8 Å². The molecule has 7 nitrogen and oxygen atoms in total. The smallest absolute Gasteiger partial charge is 0.319 e. The second-order valence-corrected chi connectivity index (χ2v) is 5.89. The fraction of sp³-hybridized carbons (Fsp3) is 0.316. The Labute approximate surface area is 153 Å². The molecule has 1 heterocycles. The number of carbonyl (C=O) groups is 2. The van der Waals surface area contributed by atoms with E-state index in [-0.39, 0.29) is 12.5 Å². The standard InChI is InChI=1S/C19H24N4O3/c1-4-9-20-17(24)12-22-19(25)23-15-6-8-18(21-11-15)26-16-7-5-13(2)14(3)10-16/h5-8,10-11H,4,9,12H2,1-3H3,(H,20,24)(H2,22,23,25). The zero-order chi connectivity index (χ0) is 18.9. The molecule has 2 aromatic rings. The van der Waals surface area contributed by atoms with E-state index in [1.165, 1.54) is 11.8 Å². The van der Waals surface area contributed by atoms with E-state index in [9.17, 15) is 9.59 Å². The molecule has 26 heavy (non-hydrogen) atoms. The molecule has 3 N–H and O–H groups in total. The summed E-state index contributed by atoms with van der Waals surface area (Å²) in [7, 11) is 0. The summed E-state index contributed by atoms with van der Waals surface area (Å²) >= 11 is 0. The number of aryl methyl sites for hydroxylation is 2. The highest BCUT2D eigenvalue weighted by atomic mass is 16.5. The Balaban J connectivity index is 1.83. The Hall–Kier alpha value is -3.09. The van der Waals surface area contributed by atoms with Crippen molar-refractivity contribution >= 4 is 17.6 Å². The van der Waals surface area contributed by atoms with Crippen molar-refractivity contribution in [3.63, 3.8) is 0 Å². The quantitative estimate of drug-likeness (QED) is 0.711. The van der Waals surface area contributed by atoms with Crippen molar-refractivity contribution in [2.24, 2.45) is 0 Å². The molecule has 0 aliphatic rings. The molecule has 0 atom stereocenters. The molecule has 0 aliphatic carbocycles. The van der Waals surface area contributed by atoms with Gasteiger partial charge in [-0.3, -0.25) is 4.79 Å². The zero-order valence-electron chi connectivity index (χ0n) is 15.3. The van der Waals surface area contributed by atoms with Crippen molar-refractivity contribution in [1.82, 2.24) is 15.6 Å². The third kappa shape index (κ3) is 6.08. The van der Waals surface area contributed by atoms with Gasteiger partial charge >= 0.3 is 6.03 Å². The van der Waals surface area contributed by atoms with E-state index >= 15 is 0 Å². The first-order valence-electron chi connectivity index (χ1n) is 8.50. The van der Waals surface area contributed by atoms with Crippen LogP contribution >= 0.6 is 0 Å². The minimum atomic E-state index is -0.471. The normalized spacial score (nSPS) is 10.1. The number of urea groups is 1. The highest BCUT2D eigenvalue weighted by Gasteiger charge is 2.06. The first-order valence-corrected chi connectivity index (χ1v) is 8.50. The second-order valence-electron chi connectivity index (χ2n) is 5.89. The van der Waals surface area contributed by atoms with Gasteiger partial charge in [0.05, 0.1) is 18.4 Å². The monoisotopic (exact) mass is 356 g/mol. The number of pyridine rings is 1. The van der Waals surface area contributed by atoms with E-state index in [0.717, 1.165) is 12.0 Å². The fourth-order valence-electron chi connectivity index (χ4n) is 2.08. The number of carbonyl (C=O) groups excluding carboxylic acids is 2. The van der Waals surface area contributed by atoms with Crippen molar-refractivity contribution in [2.75, 3.05) is 18.4 Å². The number of nitrogens with one attached hydrogen (secondary N) is 3. The van der Waals surface area contributed by atoms with Crippen LogP contribution < -0.4 is 20.7 Å². The number of rotatable bonds is 7. The molecule has 1 aromatic heterocycles. The first kappa shape index (κ1) is 19.2. The molecule has 7 heteroatoms. The topological polar surface area (TPSA) is 92.4 Å². The van der Waals surface area contributed by atoms with Crippen LogP contribution in [0.5, 0.6) is 11.6 Å². The van der Waals surface area contributed by atoms with E-state index < -0.39 is 6.03 Å². The lowest BCUT2D eigenvalue weighted by molar-refractivity contribution is -0.120. The van der Waals surface area contributed by atoms with Crippen molar-refractivity contribution in [1.29, 1.82) is 0 Å². The number of hydrogen-bond acceptors (Lipinski definition) is 4. The van der Waals surface area contributed by atoms with Crippen LogP contribution in [-0.4, -0.2) is 30.0 Å². The molecule has 138 valence electrons. The Bertz CT molecular complexity index is 760. The van der Waals surface area contributed by atoms with Gasteiger partial charge < -0.3 is 20.7 Å². The highest BCUT2D eigenvalue weighted by molar-refractivity contribution is 5.92. The molecule has 3 amide bonds. The summed E-state index contributed by atoms with van der Waals surface area (Å²) in [6, 6.07) is 8.69. The number of aromatic nitrogens is 1. The van der Waals surface area contributed by atoms with Gasteiger partial charge in [0.25, 0.3) is 0 Å². The van der Waals surface area contributed by atoms with E-state index in [2.05, 4.69) is 20.9 Å². The van der Waals surface area contributed by atoms with Gasteiger partial charge in [0.15, 0.2) is 0 Å². The predicted octanol–water partition coefficient (Wildman–Crippen LogP) is 3.14. The van der Waals surface area contributed by atoms with Crippen LogP contribution in [0.2, 0.25) is 0 Å². The summed E-state index contributed by atoms with van der Waals surface area (Å²) in [4.78, 5) is 27.4. The van der Waals surface area contributed by atoms with Crippen LogP contribution in [0.1, 0.15) is 24.5 Å². The van der Waals surface area contributed by atoms with E-state index in [1.807, 2.05) is 39.0 Å². The van der Waals surface area contributed by atoms with Crippen molar-refractivity contribution in [2.45, 2.75) is 27.2 Å². The van der Waals surface area contributed by atoms with Crippen molar-refractivity contribution in [3.8, 4) is 11.6 Å². The van der Waals surface area contributed by atoms with Crippen LogP contribution in [0.4, 0.5) is 10.5 Å². The fourth-order valence-corrected chi connectivity index (χ4v) is 2.08. The maximum atomic E-state index is 11.8. The Morgan fingerprint density at radius 1 is 1.08 bits per heavy atom. The molecule has 0 saturated heterocycles. The average Bonchev–Trinajstić information content (AvgIpc) is 2.63. The Morgan fingerprint density at radius 3 is 2.54 bits per heavy atom. The minimum absolute atomic E-state index is 0.0762. The number of benzene rings is 1. The summed E-state index contributed by atoms with van der Waals surface area (Å²) in [5, 5.41) is 7.78. The average molecular weight is 356 g/mol. The lowest BCUT2D eigenvalue weighted by Gasteiger charge is -2.09. The molecule has 2 rings (SSSR count). The van der Waals surface area contributed by atoms with Gasteiger partial charge in [-0.2, -0.15) is 0 Å². The van der Waals surface area contributed by atoms with Crippen LogP contribution in [0.25, 0.3) is 0 Å². The van der Waals surface area contributed by atoms with Crippen molar-refractivity contribution in [3.05, 3.63) is 47.7 Å².